The van der Waals surface area contributed by atoms with Gasteiger partial charge in [-0.1, -0.05) is 30.7 Å². The minimum absolute atomic E-state index is 0.140. The lowest BCUT2D eigenvalue weighted by Gasteiger charge is -2.43. The van der Waals surface area contributed by atoms with Gasteiger partial charge in [0, 0.05) is 49.2 Å². The highest BCUT2D eigenvalue weighted by atomic mass is 16.6. The molecule has 39 heavy (non-hydrogen) atoms. The van der Waals surface area contributed by atoms with Gasteiger partial charge in [0.05, 0.1) is 6.10 Å². The number of pyridine rings is 2. The molecule has 1 aromatic carbocycles. The molecule has 4 heterocycles. The lowest BCUT2D eigenvalue weighted by molar-refractivity contribution is -0.168. The van der Waals surface area contributed by atoms with E-state index in [0.717, 1.165) is 86.2 Å². The average molecular weight is 531 g/mol. The van der Waals surface area contributed by atoms with E-state index in [1.165, 1.54) is 17.7 Å². The normalized spacial score (nSPS) is 16.8. The Morgan fingerprint density at radius 1 is 1.10 bits per heavy atom. The molecular weight excluding hydrogens is 488 g/mol. The maximum atomic E-state index is 13.4. The first-order valence-electron chi connectivity index (χ1n) is 14.4. The molecule has 1 unspecified atom stereocenters. The summed E-state index contributed by atoms with van der Waals surface area (Å²) >= 11 is 0. The van der Waals surface area contributed by atoms with Crippen LogP contribution < -0.4 is 5.32 Å². The van der Waals surface area contributed by atoms with Crippen LogP contribution in [0, 0.1) is 6.92 Å². The van der Waals surface area contributed by atoms with Crippen LogP contribution in [0.5, 0.6) is 0 Å². The van der Waals surface area contributed by atoms with Crippen molar-refractivity contribution in [1.82, 2.24) is 14.9 Å². The summed E-state index contributed by atoms with van der Waals surface area (Å²) in [6.07, 6.45) is 8.54. The number of rotatable bonds is 10. The second kappa shape index (κ2) is 12.0. The van der Waals surface area contributed by atoms with E-state index in [0.29, 0.717) is 0 Å². The van der Waals surface area contributed by atoms with Crippen LogP contribution in [-0.2, 0) is 27.1 Å². The summed E-state index contributed by atoms with van der Waals surface area (Å²) in [4.78, 5) is 24.8. The van der Waals surface area contributed by atoms with Gasteiger partial charge in [0.2, 0.25) is 0 Å². The molecule has 0 spiro atoms. The zero-order chi connectivity index (χ0) is 27.4. The summed E-state index contributed by atoms with van der Waals surface area (Å²) in [7, 11) is 0. The van der Waals surface area contributed by atoms with Crippen LogP contribution in [0.15, 0.2) is 42.6 Å². The standard InChI is InChI=1S/C32H42N4O3/c1-22-26-12-8-13-28(27(26)16-18-33-22)29(31(37)39-32(2,3)4)36-20-25(21-36)38-19-7-5-6-11-24-15-14-23-10-9-17-34-30(23)35-24/h8,12-16,18,25,29H,5-7,9-11,17,19-21H2,1-4H3,(H,34,35). The molecule has 0 radical (unpaired) electrons. The fourth-order valence-electron chi connectivity index (χ4n) is 5.58. The van der Waals surface area contributed by atoms with Crippen molar-refractivity contribution in [3.05, 3.63) is 65.1 Å². The SMILES string of the molecule is Cc1nccc2c(C(C(=O)OC(C)(C)C)N3CC(OCCCCCc4ccc5c(n4)NCCC5)C3)cccc12. The van der Waals surface area contributed by atoms with Crippen molar-refractivity contribution >= 4 is 22.6 Å². The molecule has 1 N–H and O–H groups in total. The Balaban J connectivity index is 1.12. The average Bonchev–Trinajstić information content (AvgIpc) is 2.88. The summed E-state index contributed by atoms with van der Waals surface area (Å²) in [6, 6.07) is 12.1. The van der Waals surface area contributed by atoms with Gasteiger partial charge in [0.25, 0.3) is 0 Å². The van der Waals surface area contributed by atoms with Gasteiger partial charge in [0.15, 0.2) is 0 Å². The molecule has 7 heteroatoms. The molecule has 1 saturated heterocycles. The van der Waals surface area contributed by atoms with Crippen LogP contribution >= 0.6 is 0 Å². The Kier molecular flexibility index (Phi) is 8.48. The monoisotopic (exact) mass is 530 g/mol. The number of carbonyl (C=O) groups excluding carboxylic acids is 1. The number of nitrogens with one attached hydrogen (secondary N) is 1. The minimum atomic E-state index is -0.552. The van der Waals surface area contributed by atoms with Crippen molar-refractivity contribution in [1.29, 1.82) is 0 Å². The van der Waals surface area contributed by atoms with E-state index in [-0.39, 0.29) is 12.1 Å². The number of carbonyl (C=O) groups is 1. The molecule has 7 nitrogen and oxygen atoms in total. The van der Waals surface area contributed by atoms with Gasteiger partial charge in [-0.25, -0.2) is 9.78 Å². The number of aromatic nitrogens is 2. The summed E-state index contributed by atoms with van der Waals surface area (Å²) in [5.41, 5.74) is 3.89. The van der Waals surface area contributed by atoms with Crippen molar-refractivity contribution in [2.75, 3.05) is 31.6 Å². The molecule has 0 bridgehead atoms. The Labute approximate surface area is 232 Å². The first kappa shape index (κ1) is 27.5. The van der Waals surface area contributed by atoms with Gasteiger partial charge >= 0.3 is 5.97 Å². The molecule has 2 aromatic heterocycles. The van der Waals surface area contributed by atoms with Crippen LogP contribution in [-0.4, -0.2) is 58.8 Å². The van der Waals surface area contributed by atoms with Crippen molar-refractivity contribution < 1.29 is 14.3 Å². The maximum absolute atomic E-state index is 13.4. The van der Waals surface area contributed by atoms with Gasteiger partial charge in [-0.15, -0.1) is 0 Å². The zero-order valence-electron chi connectivity index (χ0n) is 23.8. The van der Waals surface area contributed by atoms with E-state index in [4.69, 9.17) is 14.5 Å². The Hall–Kier alpha value is -3.03. The first-order valence-corrected chi connectivity index (χ1v) is 14.4. The molecule has 1 atom stereocenters. The zero-order valence-corrected chi connectivity index (χ0v) is 23.8. The van der Waals surface area contributed by atoms with E-state index < -0.39 is 11.6 Å². The first-order chi connectivity index (χ1) is 18.8. The summed E-state index contributed by atoms with van der Waals surface area (Å²) in [6.45, 7) is 11.0. The lowest BCUT2D eigenvalue weighted by Crippen LogP contribution is -2.55. The highest BCUT2D eigenvalue weighted by Crippen LogP contribution is 2.34. The molecular formula is C32H42N4O3. The number of ether oxygens (including phenoxy) is 2. The number of esters is 1. The number of likely N-dealkylation sites (tertiary alicyclic amines) is 1. The van der Waals surface area contributed by atoms with Crippen molar-refractivity contribution in [3.8, 4) is 0 Å². The Bertz CT molecular complexity index is 1300. The summed E-state index contributed by atoms with van der Waals surface area (Å²) in [5, 5.41) is 5.54. The predicted molar refractivity (Wildman–Crippen MR) is 155 cm³/mol. The van der Waals surface area contributed by atoms with E-state index in [9.17, 15) is 4.79 Å². The van der Waals surface area contributed by atoms with Gasteiger partial charge in [-0.05, 0) is 88.4 Å². The number of hydrogen-bond donors (Lipinski definition) is 1. The third-order valence-electron chi connectivity index (χ3n) is 7.59. The van der Waals surface area contributed by atoms with Crippen molar-refractivity contribution in [2.24, 2.45) is 0 Å². The molecule has 208 valence electrons. The molecule has 0 amide bonds. The number of fused-ring (bicyclic) bond motifs is 2. The van der Waals surface area contributed by atoms with Crippen LogP contribution in [0.1, 0.15) is 75.0 Å². The van der Waals surface area contributed by atoms with Gasteiger partial charge < -0.3 is 14.8 Å². The summed E-state index contributed by atoms with van der Waals surface area (Å²) in [5.74, 6) is 0.866. The quantitative estimate of drug-likeness (QED) is 0.262. The van der Waals surface area contributed by atoms with E-state index in [1.54, 1.807) is 0 Å². The highest BCUT2D eigenvalue weighted by Gasteiger charge is 2.40. The Morgan fingerprint density at radius 3 is 2.77 bits per heavy atom. The van der Waals surface area contributed by atoms with Gasteiger partial charge in [0.1, 0.15) is 17.5 Å². The minimum Gasteiger partial charge on any atom is -0.459 e. The van der Waals surface area contributed by atoms with Crippen molar-refractivity contribution in [2.45, 2.75) is 84.0 Å². The second-order valence-electron chi connectivity index (χ2n) is 11.9. The van der Waals surface area contributed by atoms with Crippen LogP contribution in [0.2, 0.25) is 0 Å². The fraction of sp³-hybridized carbons (Fsp3) is 0.531. The Morgan fingerprint density at radius 2 is 1.95 bits per heavy atom. The molecule has 2 aliphatic heterocycles. The fourth-order valence-corrected chi connectivity index (χ4v) is 5.58. The molecule has 2 aliphatic rings. The van der Waals surface area contributed by atoms with E-state index >= 15 is 0 Å². The van der Waals surface area contributed by atoms with E-state index in [1.807, 2.05) is 52.1 Å². The molecule has 0 aliphatic carbocycles. The predicted octanol–water partition coefficient (Wildman–Crippen LogP) is 5.79. The molecule has 0 saturated carbocycles. The topological polar surface area (TPSA) is 76.6 Å². The molecule has 1 fully saturated rings. The third-order valence-corrected chi connectivity index (χ3v) is 7.59. The largest absolute Gasteiger partial charge is 0.459 e. The number of anilines is 1. The van der Waals surface area contributed by atoms with Gasteiger partial charge in [-0.2, -0.15) is 0 Å². The highest BCUT2D eigenvalue weighted by molar-refractivity contribution is 5.92. The number of unbranched alkanes of at least 4 members (excludes halogenated alkanes) is 2. The molecule has 3 aromatic rings. The van der Waals surface area contributed by atoms with E-state index in [2.05, 4.69) is 33.4 Å². The molecule has 5 rings (SSSR count). The van der Waals surface area contributed by atoms with Crippen molar-refractivity contribution in [3.63, 3.8) is 0 Å². The van der Waals surface area contributed by atoms with Crippen LogP contribution in [0.4, 0.5) is 5.82 Å². The number of hydrogen-bond acceptors (Lipinski definition) is 7. The lowest BCUT2D eigenvalue weighted by atomic mass is 9.94. The third kappa shape index (κ3) is 6.76. The summed E-state index contributed by atoms with van der Waals surface area (Å²) < 4.78 is 12.1. The van der Waals surface area contributed by atoms with Gasteiger partial charge in [-0.3, -0.25) is 9.88 Å². The smallest absolute Gasteiger partial charge is 0.328 e. The second-order valence-corrected chi connectivity index (χ2v) is 11.9. The van der Waals surface area contributed by atoms with Crippen LogP contribution in [0.25, 0.3) is 10.8 Å². The number of benzene rings is 1. The van der Waals surface area contributed by atoms with Crippen LogP contribution in [0.3, 0.4) is 0 Å². The number of nitrogens with zero attached hydrogens (tertiary/aromatic N) is 3. The maximum Gasteiger partial charge on any atom is 0.328 e. The number of aryl methyl sites for hydroxylation is 3.